The van der Waals surface area contributed by atoms with Crippen LogP contribution in [0.25, 0.3) is 0 Å². The summed E-state index contributed by atoms with van der Waals surface area (Å²) in [5.41, 5.74) is -3.22. The van der Waals surface area contributed by atoms with Gasteiger partial charge in [0, 0.05) is 17.1 Å². The molecule has 0 rings (SSSR count). The van der Waals surface area contributed by atoms with Crippen LogP contribution in [0.3, 0.4) is 0 Å². The maximum absolute atomic E-state index is 10.4. The normalized spacial score (nSPS) is 15.6. The first-order chi connectivity index (χ1) is 6.21. The number of hydrogen-bond acceptors (Lipinski definition) is 5. The van der Waals surface area contributed by atoms with Gasteiger partial charge in [-0.2, -0.15) is 0 Å². The molecule has 8 nitrogen and oxygen atoms in total. The third-order valence-corrected chi connectivity index (χ3v) is 1.48. The second kappa shape index (κ2) is 5.66. The van der Waals surface area contributed by atoms with E-state index in [-0.39, 0.29) is 17.1 Å². The summed E-state index contributed by atoms with van der Waals surface area (Å²) in [6.07, 6.45) is -4.11. The van der Waals surface area contributed by atoms with Crippen LogP contribution in [0.15, 0.2) is 0 Å². The topological polar surface area (TPSA) is 152 Å². The Morgan fingerprint density at radius 2 is 1.53 bits per heavy atom. The van der Waals surface area contributed by atoms with E-state index >= 15 is 0 Å². The number of carbonyl (C=O) groups is 3. The fourth-order valence-electron chi connectivity index (χ4n) is 0.724. The first kappa shape index (κ1) is 16.3. The van der Waals surface area contributed by atoms with Gasteiger partial charge in [0.2, 0.25) is 5.60 Å². The van der Waals surface area contributed by atoms with Crippen molar-refractivity contribution >= 4 is 17.9 Å². The minimum Gasteiger partial charge on any atom is -0.481 e. The van der Waals surface area contributed by atoms with E-state index in [1.807, 2.05) is 0 Å². The maximum Gasteiger partial charge on any atom is 0.339 e. The van der Waals surface area contributed by atoms with Crippen LogP contribution in [-0.2, 0) is 31.5 Å². The van der Waals surface area contributed by atoms with E-state index < -0.39 is 36.0 Å². The van der Waals surface area contributed by atoms with Crippen LogP contribution in [-0.4, -0.2) is 55.1 Å². The Morgan fingerprint density at radius 3 is 1.73 bits per heavy atom. The molecule has 0 aliphatic heterocycles. The molecule has 5 N–H and O–H groups in total. The van der Waals surface area contributed by atoms with Gasteiger partial charge >= 0.3 is 17.9 Å². The second-order valence-electron chi connectivity index (χ2n) is 2.54. The van der Waals surface area contributed by atoms with Crippen molar-refractivity contribution < 1.29 is 57.0 Å². The number of aliphatic carboxylic acids is 3. The van der Waals surface area contributed by atoms with E-state index in [9.17, 15) is 14.4 Å². The van der Waals surface area contributed by atoms with E-state index in [1.165, 1.54) is 0 Å². The molecule has 0 aromatic carbocycles. The van der Waals surface area contributed by atoms with Crippen LogP contribution in [0.1, 0.15) is 6.42 Å². The average Bonchev–Trinajstić information content (AvgIpc) is 2.00. The van der Waals surface area contributed by atoms with Crippen LogP contribution in [0.2, 0.25) is 0 Å². The minimum atomic E-state index is -3.22. The predicted molar refractivity (Wildman–Crippen MR) is 38.5 cm³/mol. The Balaban J connectivity index is 0. The van der Waals surface area contributed by atoms with Gasteiger partial charge in [0.1, 0.15) is 0 Å². The zero-order chi connectivity index (χ0) is 11.5. The first-order valence-corrected chi connectivity index (χ1v) is 3.30. The largest absolute Gasteiger partial charge is 0.481 e. The smallest absolute Gasteiger partial charge is 0.339 e. The molecule has 15 heavy (non-hydrogen) atoms. The molecule has 2 atom stereocenters. The first-order valence-electron chi connectivity index (χ1n) is 3.30. The molecule has 0 spiro atoms. The Labute approximate surface area is 93.6 Å². The number of rotatable bonds is 5. The van der Waals surface area contributed by atoms with E-state index in [1.54, 1.807) is 0 Å². The van der Waals surface area contributed by atoms with Gasteiger partial charge in [-0.1, -0.05) is 0 Å². The predicted octanol–water partition coefficient (Wildman–Crippen LogP) is -2.28. The summed E-state index contributed by atoms with van der Waals surface area (Å²) in [5.74, 6) is -5.87. The third-order valence-electron chi connectivity index (χ3n) is 1.48. The van der Waals surface area contributed by atoms with Crippen LogP contribution in [0.4, 0.5) is 0 Å². The van der Waals surface area contributed by atoms with Crippen molar-refractivity contribution in [3.63, 3.8) is 0 Å². The van der Waals surface area contributed by atoms with Crippen LogP contribution in [0, 0.1) is 0 Å². The monoisotopic (exact) mass is 264 g/mol. The molecule has 0 amide bonds. The van der Waals surface area contributed by atoms with Gasteiger partial charge in [0.15, 0.2) is 6.10 Å². The van der Waals surface area contributed by atoms with E-state index in [4.69, 9.17) is 25.5 Å². The van der Waals surface area contributed by atoms with Crippen molar-refractivity contribution in [3.05, 3.63) is 0 Å². The summed E-state index contributed by atoms with van der Waals surface area (Å²) < 4.78 is 0. The van der Waals surface area contributed by atoms with Gasteiger partial charge < -0.3 is 25.5 Å². The van der Waals surface area contributed by atoms with E-state index in [2.05, 4.69) is 0 Å². The van der Waals surface area contributed by atoms with E-state index in [0.29, 0.717) is 0 Å². The van der Waals surface area contributed by atoms with Crippen molar-refractivity contribution in [1.29, 1.82) is 0 Å². The Kier molecular flexibility index (Phi) is 6.15. The Morgan fingerprint density at radius 1 is 1.13 bits per heavy atom. The molecule has 0 aliphatic rings. The van der Waals surface area contributed by atoms with Gasteiger partial charge in [-0.05, 0) is 0 Å². The molecule has 2 unspecified atom stereocenters. The van der Waals surface area contributed by atoms with E-state index in [0.717, 1.165) is 0 Å². The quantitative estimate of drug-likeness (QED) is 0.348. The molecule has 0 heterocycles. The second-order valence-corrected chi connectivity index (χ2v) is 2.54. The number of carboxylic acids is 3. The molecular weight excluding hydrogens is 256 g/mol. The maximum atomic E-state index is 10.4. The zero-order valence-electron chi connectivity index (χ0n) is 7.10. The Bertz CT molecular complexity index is 276. The molecule has 88 valence electrons. The summed E-state index contributed by atoms with van der Waals surface area (Å²) in [6.45, 7) is 0. The molecule has 0 bridgehead atoms. The number of aliphatic hydroxyl groups excluding tert-OH is 1. The number of hydrogen-bond donors (Lipinski definition) is 5. The average molecular weight is 264 g/mol. The molecule has 0 aliphatic carbocycles. The van der Waals surface area contributed by atoms with Gasteiger partial charge in [0.05, 0.1) is 6.42 Å². The molecule has 0 fully saturated rings. The third kappa shape index (κ3) is 3.84. The van der Waals surface area contributed by atoms with Gasteiger partial charge in [-0.3, -0.25) is 4.79 Å². The molecule has 0 saturated heterocycles. The van der Waals surface area contributed by atoms with Crippen LogP contribution < -0.4 is 0 Å². The molecular formula is C6H8FeO8. The summed E-state index contributed by atoms with van der Waals surface area (Å²) in [4.78, 5) is 30.7. The van der Waals surface area contributed by atoms with Crippen molar-refractivity contribution in [3.8, 4) is 0 Å². The molecule has 9 heteroatoms. The summed E-state index contributed by atoms with van der Waals surface area (Å²) in [7, 11) is 0. The van der Waals surface area contributed by atoms with Crippen molar-refractivity contribution in [2.45, 2.75) is 18.1 Å². The molecule has 0 radical (unpaired) electrons. The number of aliphatic hydroxyl groups is 2. The van der Waals surface area contributed by atoms with Crippen molar-refractivity contribution in [2.24, 2.45) is 0 Å². The van der Waals surface area contributed by atoms with Crippen molar-refractivity contribution in [1.82, 2.24) is 0 Å². The van der Waals surface area contributed by atoms with Gasteiger partial charge in [-0.15, -0.1) is 0 Å². The summed E-state index contributed by atoms with van der Waals surface area (Å²) in [6, 6.07) is 0. The van der Waals surface area contributed by atoms with Crippen LogP contribution in [0.5, 0.6) is 0 Å². The molecule has 0 saturated carbocycles. The van der Waals surface area contributed by atoms with Gasteiger partial charge in [-0.25, -0.2) is 9.59 Å². The summed E-state index contributed by atoms with van der Waals surface area (Å²) in [5, 5.41) is 42.6. The number of carboxylic acid groups (broad SMARTS) is 3. The van der Waals surface area contributed by atoms with Crippen LogP contribution >= 0.6 is 0 Å². The SMILES string of the molecule is O=C(O)CC(O)(C(=O)O)C(O)C(=O)O.[Fe]. The van der Waals surface area contributed by atoms with Crippen molar-refractivity contribution in [2.75, 3.05) is 0 Å². The molecule has 0 aromatic rings. The fraction of sp³-hybridized carbons (Fsp3) is 0.500. The molecule has 0 aromatic heterocycles. The summed E-state index contributed by atoms with van der Waals surface area (Å²) >= 11 is 0. The minimum absolute atomic E-state index is 0. The standard InChI is InChI=1S/C6H8O8.Fe/c7-2(8)1-6(14,5(12)13)3(9)4(10)11;/h3,9,14H,1H2,(H,7,8)(H,10,11)(H,12,13);. The Hall–Kier alpha value is -1.15. The van der Waals surface area contributed by atoms with Gasteiger partial charge in [0.25, 0.3) is 0 Å². The fourth-order valence-corrected chi connectivity index (χ4v) is 0.724. The zero-order valence-corrected chi connectivity index (χ0v) is 8.20.